The summed E-state index contributed by atoms with van der Waals surface area (Å²) in [5.74, 6) is 2.97. The fraction of sp³-hybridized carbons (Fsp3) is 0.880. The van der Waals surface area contributed by atoms with Gasteiger partial charge in [0, 0.05) is 17.9 Å². The van der Waals surface area contributed by atoms with Crippen molar-refractivity contribution in [3.05, 3.63) is 11.6 Å². The zero-order chi connectivity index (χ0) is 19.4. The van der Waals surface area contributed by atoms with Crippen LogP contribution in [-0.4, -0.2) is 30.8 Å². The van der Waals surface area contributed by atoms with E-state index in [1.807, 2.05) is 0 Å². The minimum absolute atomic E-state index is 0.123. The highest BCUT2D eigenvalue weighted by Gasteiger charge is 2.81. The van der Waals surface area contributed by atoms with E-state index in [4.69, 9.17) is 0 Å². The number of fused-ring (bicyclic) bond motifs is 2. The summed E-state index contributed by atoms with van der Waals surface area (Å²) in [6.45, 7) is 9.59. The Morgan fingerprint density at radius 2 is 1.78 bits per heavy atom. The van der Waals surface area contributed by atoms with E-state index in [0.717, 1.165) is 30.2 Å². The maximum atomic E-state index is 13.0. The van der Waals surface area contributed by atoms with Crippen LogP contribution in [-0.2, 0) is 4.79 Å². The van der Waals surface area contributed by atoms with E-state index >= 15 is 0 Å². The first kappa shape index (κ1) is 18.4. The molecule has 0 unspecified atom stereocenters. The van der Waals surface area contributed by atoms with Crippen LogP contribution >= 0.6 is 0 Å². The lowest BCUT2D eigenvalue weighted by Crippen LogP contribution is -2.55. The van der Waals surface area contributed by atoms with Gasteiger partial charge in [-0.15, -0.1) is 0 Å². The molecule has 0 bridgehead atoms. The fourth-order valence-corrected chi connectivity index (χ4v) is 9.90. The van der Waals surface area contributed by atoms with Gasteiger partial charge in [-0.2, -0.15) is 0 Å². The second kappa shape index (κ2) is 5.29. The Hall–Kier alpha value is -0.630. The van der Waals surface area contributed by atoms with Crippen LogP contribution in [0.4, 0.5) is 0 Å². The number of nitrogens with zero attached hydrogens (tertiary/aromatic N) is 1. The molecule has 0 N–H and O–H groups in total. The average Bonchev–Trinajstić information content (AvgIpc) is 3.20. The smallest absolute Gasteiger partial charge is 0.159 e. The molecule has 0 aliphatic heterocycles. The van der Waals surface area contributed by atoms with Crippen molar-refractivity contribution in [3.63, 3.8) is 0 Å². The standard InChI is InChI=1S/C25H39NO/c1-7-17-20(27)14-23(4)21-9-8-18-16(2)19(26(5)6)10-11-24(18)15-25(21,24)13-12-22(17,23)3/h7,16,18-19,21H,8-15H2,1-6H3/b17-7+/t16-,18-,19-,21-,22+,23-,24+,25-/m0/s1. The highest BCUT2D eigenvalue weighted by atomic mass is 16.1. The van der Waals surface area contributed by atoms with Gasteiger partial charge in [-0.3, -0.25) is 4.79 Å². The molecule has 2 heteroatoms. The van der Waals surface area contributed by atoms with Crippen LogP contribution in [0.15, 0.2) is 11.6 Å². The van der Waals surface area contributed by atoms with Crippen LogP contribution in [0.5, 0.6) is 0 Å². The Bertz CT molecular complexity index is 724. The Labute approximate surface area is 166 Å². The highest BCUT2D eigenvalue weighted by molar-refractivity contribution is 6.00. The van der Waals surface area contributed by atoms with Crippen LogP contribution in [0, 0.1) is 39.4 Å². The maximum absolute atomic E-state index is 13.0. The molecule has 0 aromatic heterocycles. The molecule has 0 heterocycles. The molecule has 0 amide bonds. The van der Waals surface area contributed by atoms with Gasteiger partial charge in [0.2, 0.25) is 0 Å². The van der Waals surface area contributed by atoms with Gasteiger partial charge >= 0.3 is 0 Å². The molecule has 27 heavy (non-hydrogen) atoms. The fourth-order valence-electron chi connectivity index (χ4n) is 9.90. The van der Waals surface area contributed by atoms with E-state index in [1.54, 1.807) is 0 Å². The molecule has 5 saturated carbocycles. The lowest BCUT2D eigenvalue weighted by Gasteiger charge is -2.61. The van der Waals surface area contributed by atoms with Gasteiger partial charge in [0.25, 0.3) is 0 Å². The zero-order valence-corrected chi connectivity index (χ0v) is 18.4. The second-order valence-electron chi connectivity index (χ2n) is 11.7. The molecular weight excluding hydrogens is 330 g/mol. The summed E-state index contributed by atoms with van der Waals surface area (Å²) in [6.07, 6.45) is 12.7. The summed E-state index contributed by atoms with van der Waals surface area (Å²) in [6, 6.07) is 0.766. The van der Waals surface area contributed by atoms with Crippen molar-refractivity contribution in [3.8, 4) is 0 Å². The molecule has 0 aromatic carbocycles. The van der Waals surface area contributed by atoms with Gasteiger partial charge in [-0.05, 0) is 106 Å². The van der Waals surface area contributed by atoms with Crippen LogP contribution < -0.4 is 0 Å². The van der Waals surface area contributed by atoms with Crippen LogP contribution in [0.1, 0.15) is 79.1 Å². The molecule has 0 aromatic rings. The minimum Gasteiger partial charge on any atom is -0.306 e. The molecule has 8 atom stereocenters. The highest BCUT2D eigenvalue weighted by Crippen LogP contribution is 2.87. The van der Waals surface area contributed by atoms with Crippen molar-refractivity contribution in [2.75, 3.05) is 14.1 Å². The van der Waals surface area contributed by atoms with Crippen molar-refractivity contribution >= 4 is 5.78 Å². The van der Waals surface area contributed by atoms with Gasteiger partial charge < -0.3 is 4.90 Å². The first-order valence-corrected chi connectivity index (χ1v) is 11.5. The molecular formula is C25H39NO. The third-order valence-electron chi connectivity index (χ3n) is 11.2. The van der Waals surface area contributed by atoms with E-state index in [-0.39, 0.29) is 10.8 Å². The van der Waals surface area contributed by atoms with Gasteiger partial charge in [0.15, 0.2) is 5.78 Å². The van der Waals surface area contributed by atoms with Gasteiger partial charge in [-0.25, -0.2) is 0 Å². The number of rotatable bonds is 1. The Kier molecular flexibility index (Phi) is 3.61. The summed E-state index contributed by atoms with van der Waals surface area (Å²) < 4.78 is 0. The molecule has 5 aliphatic rings. The Balaban J connectivity index is 1.53. The molecule has 2 spiro atoms. The number of allylic oxidation sites excluding steroid dienone is 2. The number of ketones is 1. The third-order valence-corrected chi connectivity index (χ3v) is 11.2. The van der Waals surface area contributed by atoms with E-state index in [2.05, 4.69) is 52.8 Å². The zero-order valence-electron chi connectivity index (χ0n) is 18.4. The first-order chi connectivity index (χ1) is 12.7. The van der Waals surface area contributed by atoms with E-state index in [0.29, 0.717) is 16.6 Å². The van der Waals surface area contributed by atoms with Crippen molar-refractivity contribution in [2.45, 2.75) is 85.1 Å². The summed E-state index contributed by atoms with van der Waals surface area (Å²) in [4.78, 5) is 15.4. The van der Waals surface area contributed by atoms with Gasteiger partial charge in [0.05, 0.1) is 0 Å². The van der Waals surface area contributed by atoms with Gasteiger partial charge in [-0.1, -0.05) is 26.8 Å². The van der Waals surface area contributed by atoms with Crippen molar-refractivity contribution in [2.24, 2.45) is 39.4 Å². The number of hydrogen-bond acceptors (Lipinski definition) is 2. The molecule has 0 saturated heterocycles. The SMILES string of the molecule is C/C=C1\C(=O)C[C@@]2(C)[C@@H]3CC[C@H]4[C@H](C)[C@@H](N(C)C)CC[C@@]45C[C@@]35CC[C@]12C. The summed E-state index contributed by atoms with van der Waals surface area (Å²) in [5, 5.41) is 0. The lowest BCUT2D eigenvalue weighted by atomic mass is 9.44. The van der Waals surface area contributed by atoms with E-state index in [9.17, 15) is 4.79 Å². The molecule has 5 rings (SSSR count). The number of carbonyl (C=O) groups is 1. The summed E-state index contributed by atoms with van der Waals surface area (Å²) in [7, 11) is 4.56. The third kappa shape index (κ3) is 1.86. The van der Waals surface area contributed by atoms with Crippen molar-refractivity contribution in [1.82, 2.24) is 4.90 Å². The Morgan fingerprint density at radius 3 is 2.44 bits per heavy atom. The Morgan fingerprint density at radius 1 is 1.04 bits per heavy atom. The number of hydrogen-bond donors (Lipinski definition) is 0. The van der Waals surface area contributed by atoms with E-state index in [1.165, 1.54) is 50.5 Å². The predicted molar refractivity (Wildman–Crippen MR) is 110 cm³/mol. The van der Waals surface area contributed by atoms with Crippen molar-refractivity contribution in [1.29, 1.82) is 0 Å². The molecule has 0 radical (unpaired) electrons. The van der Waals surface area contributed by atoms with Gasteiger partial charge in [0.1, 0.15) is 0 Å². The average molecular weight is 370 g/mol. The summed E-state index contributed by atoms with van der Waals surface area (Å²) in [5.41, 5.74) is 2.67. The predicted octanol–water partition coefficient (Wildman–Crippen LogP) is 5.47. The molecule has 150 valence electrons. The molecule has 5 fully saturated rings. The van der Waals surface area contributed by atoms with Crippen LogP contribution in [0.3, 0.4) is 0 Å². The van der Waals surface area contributed by atoms with Crippen LogP contribution in [0.2, 0.25) is 0 Å². The molecule has 5 aliphatic carbocycles. The second-order valence-corrected chi connectivity index (χ2v) is 11.7. The number of Topliss-reactive ketones (excluding diaryl/α,β-unsaturated/α-hetero) is 1. The lowest BCUT2D eigenvalue weighted by molar-refractivity contribution is -0.123. The molecule has 2 nitrogen and oxygen atoms in total. The van der Waals surface area contributed by atoms with Crippen LogP contribution in [0.25, 0.3) is 0 Å². The normalized spacial score (nSPS) is 57.9. The monoisotopic (exact) mass is 369 g/mol. The topological polar surface area (TPSA) is 20.3 Å². The minimum atomic E-state index is 0.123. The summed E-state index contributed by atoms with van der Waals surface area (Å²) >= 11 is 0. The number of carbonyl (C=O) groups excluding carboxylic acids is 1. The quantitative estimate of drug-likeness (QED) is 0.571. The van der Waals surface area contributed by atoms with Crippen molar-refractivity contribution < 1.29 is 4.79 Å². The first-order valence-electron chi connectivity index (χ1n) is 11.5. The largest absolute Gasteiger partial charge is 0.306 e. The van der Waals surface area contributed by atoms with E-state index < -0.39 is 0 Å². The maximum Gasteiger partial charge on any atom is 0.159 e.